The number of thioether (sulfide) groups is 1. The molecule has 8 heteroatoms. The van der Waals surface area contributed by atoms with Crippen LogP contribution in [0.1, 0.15) is 5.56 Å². The number of anilines is 1. The molecule has 6 nitrogen and oxygen atoms in total. The molecule has 1 aromatic heterocycles. The fraction of sp³-hybridized carbons (Fsp3) is 0.167. The van der Waals surface area contributed by atoms with Crippen molar-refractivity contribution in [3.8, 4) is 0 Å². The number of halogens is 1. The highest BCUT2D eigenvalue weighted by Crippen LogP contribution is 2.23. The number of nitrogens with zero attached hydrogens (tertiary/aromatic N) is 2. The summed E-state index contributed by atoms with van der Waals surface area (Å²) in [5.74, 6) is -0.104. The van der Waals surface area contributed by atoms with E-state index in [2.05, 4.69) is 20.5 Å². The minimum atomic E-state index is -0.353. The van der Waals surface area contributed by atoms with Crippen molar-refractivity contribution in [3.05, 3.63) is 45.3 Å². The van der Waals surface area contributed by atoms with Crippen LogP contribution in [0.5, 0.6) is 0 Å². The third-order valence-corrected chi connectivity index (χ3v) is 3.71. The van der Waals surface area contributed by atoms with Gasteiger partial charge in [0.1, 0.15) is 6.20 Å². The van der Waals surface area contributed by atoms with Gasteiger partial charge in [0.05, 0.1) is 5.75 Å². The van der Waals surface area contributed by atoms with Gasteiger partial charge in [-0.1, -0.05) is 29.4 Å². The molecule has 1 aromatic carbocycles. The molecule has 2 aromatic rings. The van der Waals surface area contributed by atoms with Crippen LogP contribution in [-0.2, 0) is 4.79 Å². The molecule has 0 radical (unpaired) electrons. The van der Waals surface area contributed by atoms with Crippen molar-refractivity contribution in [2.45, 2.75) is 12.1 Å². The average Bonchev–Trinajstić information content (AvgIpc) is 2.42. The highest BCUT2D eigenvalue weighted by molar-refractivity contribution is 7.99. The minimum Gasteiger partial charge on any atom is -0.325 e. The van der Waals surface area contributed by atoms with Crippen LogP contribution in [0.4, 0.5) is 5.69 Å². The maximum absolute atomic E-state index is 11.8. The summed E-state index contributed by atoms with van der Waals surface area (Å²) >= 11 is 7.07. The molecule has 2 rings (SSSR count). The van der Waals surface area contributed by atoms with Gasteiger partial charge < -0.3 is 5.32 Å². The summed E-state index contributed by atoms with van der Waals surface area (Å²) in [4.78, 5) is 25.3. The molecule has 2 N–H and O–H groups in total. The van der Waals surface area contributed by atoms with E-state index < -0.39 is 0 Å². The Hall–Kier alpha value is -1.86. The molecule has 0 saturated heterocycles. The molecule has 0 spiro atoms. The smallest absolute Gasteiger partial charge is 0.270 e. The van der Waals surface area contributed by atoms with Gasteiger partial charge in [-0.2, -0.15) is 5.10 Å². The van der Waals surface area contributed by atoms with Crippen molar-refractivity contribution in [3.63, 3.8) is 0 Å². The van der Waals surface area contributed by atoms with E-state index >= 15 is 0 Å². The van der Waals surface area contributed by atoms with Gasteiger partial charge in [-0.25, -0.2) is 0 Å². The van der Waals surface area contributed by atoms with Gasteiger partial charge in [0.2, 0.25) is 5.91 Å². The Morgan fingerprint density at radius 2 is 2.30 bits per heavy atom. The molecule has 0 atom stereocenters. The molecule has 1 heterocycles. The molecule has 104 valence electrons. The molecule has 0 bridgehead atoms. The van der Waals surface area contributed by atoms with E-state index in [1.165, 1.54) is 0 Å². The predicted octanol–water partition coefficient (Wildman–Crippen LogP) is 1.86. The Kier molecular flexibility index (Phi) is 4.75. The molecular weight excluding hydrogens is 300 g/mol. The molecule has 0 aliphatic carbocycles. The van der Waals surface area contributed by atoms with Crippen LogP contribution < -0.4 is 10.9 Å². The van der Waals surface area contributed by atoms with Crippen LogP contribution in [0, 0.1) is 6.92 Å². The van der Waals surface area contributed by atoms with Crippen LogP contribution in [0.25, 0.3) is 0 Å². The number of nitrogens with one attached hydrogen (secondary N) is 2. The molecule has 0 saturated carbocycles. The number of aromatic amines is 1. The fourth-order valence-corrected chi connectivity index (χ4v) is 2.22. The Morgan fingerprint density at radius 1 is 1.50 bits per heavy atom. The van der Waals surface area contributed by atoms with Gasteiger partial charge in [0.15, 0.2) is 5.16 Å². The zero-order valence-corrected chi connectivity index (χ0v) is 12.1. The van der Waals surface area contributed by atoms with Gasteiger partial charge in [-0.15, -0.1) is 5.10 Å². The number of carbonyl (C=O) groups is 1. The summed E-state index contributed by atoms with van der Waals surface area (Å²) in [6.45, 7) is 1.82. The van der Waals surface area contributed by atoms with Gasteiger partial charge in [0.25, 0.3) is 5.56 Å². The average molecular weight is 311 g/mol. The Balaban J connectivity index is 1.96. The Morgan fingerprint density at radius 3 is 3.05 bits per heavy atom. The Labute approximate surface area is 124 Å². The van der Waals surface area contributed by atoms with Crippen molar-refractivity contribution < 1.29 is 4.79 Å². The normalized spacial score (nSPS) is 10.3. The lowest BCUT2D eigenvalue weighted by Crippen LogP contribution is -2.16. The number of aromatic nitrogens is 3. The van der Waals surface area contributed by atoms with E-state index in [9.17, 15) is 9.59 Å². The highest BCUT2D eigenvalue weighted by Gasteiger charge is 2.08. The SMILES string of the molecule is Cc1c(Cl)cccc1NC(=O)CSc1nncc(=O)[nH]1. The van der Waals surface area contributed by atoms with Crippen molar-refractivity contribution in [1.82, 2.24) is 15.2 Å². The third-order valence-electron chi connectivity index (χ3n) is 2.44. The number of rotatable bonds is 4. The first-order valence-corrected chi connectivity index (χ1v) is 7.02. The van der Waals surface area contributed by atoms with E-state index in [1.807, 2.05) is 6.92 Å². The maximum Gasteiger partial charge on any atom is 0.270 e. The number of hydrogen-bond donors (Lipinski definition) is 2. The van der Waals surface area contributed by atoms with Gasteiger partial charge in [-0.05, 0) is 24.6 Å². The largest absolute Gasteiger partial charge is 0.325 e. The zero-order valence-electron chi connectivity index (χ0n) is 10.5. The Bertz CT molecular complexity index is 689. The second-order valence-corrected chi connectivity index (χ2v) is 5.26. The quantitative estimate of drug-likeness (QED) is 0.842. The summed E-state index contributed by atoms with van der Waals surface area (Å²) in [6, 6.07) is 5.29. The van der Waals surface area contributed by atoms with E-state index in [4.69, 9.17) is 11.6 Å². The minimum absolute atomic E-state index is 0.112. The molecule has 0 aliphatic rings. The zero-order chi connectivity index (χ0) is 14.5. The predicted molar refractivity (Wildman–Crippen MR) is 78.2 cm³/mol. The maximum atomic E-state index is 11.8. The molecule has 0 unspecified atom stereocenters. The van der Waals surface area contributed by atoms with Gasteiger partial charge in [-0.3, -0.25) is 14.6 Å². The summed E-state index contributed by atoms with van der Waals surface area (Å²) < 4.78 is 0. The topological polar surface area (TPSA) is 87.7 Å². The van der Waals surface area contributed by atoms with Crippen LogP contribution >= 0.6 is 23.4 Å². The van der Waals surface area contributed by atoms with Crippen LogP contribution in [0.3, 0.4) is 0 Å². The van der Waals surface area contributed by atoms with E-state index in [1.54, 1.807) is 18.2 Å². The second kappa shape index (κ2) is 6.53. The lowest BCUT2D eigenvalue weighted by Gasteiger charge is -2.08. The second-order valence-electron chi connectivity index (χ2n) is 3.89. The fourth-order valence-electron chi connectivity index (χ4n) is 1.42. The van der Waals surface area contributed by atoms with Crippen molar-refractivity contribution in [1.29, 1.82) is 0 Å². The van der Waals surface area contributed by atoms with Crippen LogP contribution in [-0.4, -0.2) is 26.8 Å². The number of benzene rings is 1. The van der Waals surface area contributed by atoms with Gasteiger partial charge in [0, 0.05) is 10.7 Å². The monoisotopic (exact) mass is 310 g/mol. The van der Waals surface area contributed by atoms with Crippen LogP contribution in [0.15, 0.2) is 34.3 Å². The van der Waals surface area contributed by atoms with Crippen molar-refractivity contribution >= 4 is 35.0 Å². The van der Waals surface area contributed by atoms with Crippen LogP contribution in [0.2, 0.25) is 5.02 Å². The summed E-state index contributed by atoms with van der Waals surface area (Å²) in [5, 5.41) is 10.9. The first kappa shape index (κ1) is 14.5. The summed E-state index contributed by atoms with van der Waals surface area (Å²) in [6.07, 6.45) is 1.07. The number of carbonyl (C=O) groups excluding carboxylic acids is 1. The number of H-pyrrole nitrogens is 1. The third kappa shape index (κ3) is 3.82. The first-order valence-electron chi connectivity index (χ1n) is 5.66. The first-order chi connectivity index (χ1) is 9.56. The molecular formula is C12H11ClN4O2S. The number of hydrogen-bond acceptors (Lipinski definition) is 5. The van der Waals surface area contributed by atoms with E-state index in [0.717, 1.165) is 23.5 Å². The van der Waals surface area contributed by atoms with E-state index in [0.29, 0.717) is 15.9 Å². The highest BCUT2D eigenvalue weighted by atomic mass is 35.5. The van der Waals surface area contributed by atoms with Crippen molar-refractivity contribution in [2.75, 3.05) is 11.1 Å². The standard InChI is InChI=1S/C12H11ClN4O2S/c1-7-8(13)3-2-4-9(7)15-11(19)6-20-12-16-10(18)5-14-17-12/h2-5H,6H2,1H3,(H,15,19)(H,16,17,18). The molecule has 0 aliphatic heterocycles. The molecule has 0 fully saturated rings. The summed E-state index contributed by atoms with van der Waals surface area (Å²) in [7, 11) is 0. The lowest BCUT2D eigenvalue weighted by molar-refractivity contribution is -0.113. The van der Waals surface area contributed by atoms with Gasteiger partial charge >= 0.3 is 0 Å². The number of amides is 1. The molecule has 1 amide bonds. The van der Waals surface area contributed by atoms with Crippen molar-refractivity contribution in [2.24, 2.45) is 0 Å². The lowest BCUT2D eigenvalue weighted by atomic mass is 10.2. The van der Waals surface area contributed by atoms with E-state index in [-0.39, 0.29) is 17.2 Å². The molecule has 20 heavy (non-hydrogen) atoms. The summed E-state index contributed by atoms with van der Waals surface area (Å²) in [5.41, 5.74) is 1.12.